The summed E-state index contributed by atoms with van der Waals surface area (Å²) < 4.78 is 5.89. The minimum Gasteiger partial charge on any atom is -0.454 e. The number of hydrogen-bond acceptors (Lipinski definition) is 7. The van der Waals surface area contributed by atoms with Crippen LogP contribution in [-0.2, 0) is 20.9 Å². The highest BCUT2D eigenvalue weighted by Gasteiger charge is 2.73. The van der Waals surface area contributed by atoms with E-state index in [9.17, 15) is 29.6 Å². The van der Waals surface area contributed by atoms with Crippen molar-refractivity contribution in [3.8, 4) is 5.75 Å². The number of carbonyl (C=O) groups excluding carboxylic acids is 3. The molecule has 33 heavy (non-hydrogen) atoms. The molecule has 9 nitrogen and oxygen atoms in total. The van der Waals surface area contributed by atoms with Crippen LogP contribution in [0, 0.1) is 16.0 Å². The van der Waals surface area contributed by atoms with Crippen LogP contribution >= 0.6 is 0 Å². The maximum absolute atomic E-state index is 13.8. The molecule has 1 aliphatic heterocycles. The van der Waals surface area contributed by atoms with Gasteiger partial charge in [-0.3, -0.25) is 24.5 Å². The Kier molecular flexibility index (Phi) is 5.12. The number of hydrogen-bond donors (Lipinski definition) is 2. The van der Waals surface area contributed by atoms with E-state index in [1.807, 2.05) is 13.8 Å². The van der Waals surface area contributed by atoms with E-state index in [4.69, 9.17) is 4.74 Å². The van der Waals surface area contributed by atoms with Crippen LogP contribution < -0.4 is 10.1 Å². The van der Waals surface area contributed by atoms with Gasteiger partial charge >= 0.3 is 0 Å². The Morgan fingerprint density at radius 1 is 1.15 bits per heavy atom. The molecule has 2 aliphatic rings. The summed E-state index contributed by atoms with van der Waals surface area (Å²) >= 11 is 0. The third-order valence-corrected chi connectivity index (χ3v) is 6.16. The lowest BCUT2D eigenvalue weighted by molar-refractivity contribution is -0.385. The van der Waals surface area contributed by atoms with Gasteiger partial charge < -0.3 is 15.2 Å². The van der Waals surface area contributed by atoms with Crippen molar-refractivity contribution < 1.29 is 29.2 Å². The fourth-order valence-corrected chi connectivity index (χ4v) is 4.56. The van der Waals surface area contributed by atoms with Crippen molar-refractivity contribution in [2.75, 3.05) is 0 Å². The zero-order valence-electron chi connectivity index (χ0n) is 18.7. The van der Waals surface area contributed by atoms with Gasteiger partial charge in [-0.2, -0.15) is 0 Å². The largest absolute Gasteiger partial charge is 0.454 e. The van der Waals surface area contributed by atoms with E-state index in [0.717, 1.165) is 11.6 Å². The lowest BCUT2D eigenvalue weighted by atomic mass is 9.82. The van der Waals surface area contributed by atoms with E-state index in [0.29, 0.717) is 0 Å². The molecule has 2 atom stereocenters. The first-order valence-electron chi connectivity index (χ1n) is 10.7. The molecule has 0 radical (unpaired) electrons. The number of benzene rings is 2. The Morgan fingerprint density at radius 3 is 2.45 bits per heavy atom. The van der Waals surface area contributed by atoms with Crippen molar-refractivity contribution >= 4 is 23.2 Å². The number of amides is 1. The van der Waals surface area contributed by atoms with E-state index in [-0.39, 0.29) is 40.7 Å². The van der Waals surface area contributed by atoms with E-state index in [2.05, 4.69) is 5.32 Å². The molecule has 0 saturated heterocycles. The second kappa shape index (κ2) is 7.48. The standard InChI is InChI=1S/C24H24N2O7/c1-12(2)10-18(27)22(29)25-23-15-9-8-14(13(3)4)11-19(15)33-24(23,30)16-6-5-7-17(26(31)32)20(16)21(23)28/h5-9,11-13,30H,10H2,1-4H3,(H,25,29). The molecule has 2 aromatic carbocycles. The van der Waals surface area contributed by atoms with Gasteiger partial charge in [-0.15, -0.1) is 0 Å². The van der Waals surface area contributed by atoms with Crippen LogP contribution in [0.5, 0.6) is 5.75 Å². The lowest BCUT2D eigenvalue weighted by Gasteiger charge is -2.34. The predicted octanol–water partition coefficient (Wildman–Crippen LogP) is 3.08. The van der Waals surface area contributed by atoms with Gasteiger partial charge in [0.2, 0.25) is 17.1 Å². The second-order valence-electron chi connectivity index (χ2n) is 9.17. The molecule has 0 bridgehead atoms. The summed E-state index contributed by atoms with van der Waals surface area (Å²) in [6.07, 6.45) is -0.0678. The minimum atomic E-state index is -2.46. The van der Waals surface area contributed by atoms with E-state index in [1.165, 1.54) is 12.1 Å². The molecule has 0 fully saturated rings. The molecule has 1 heterocycles. The number of nitro benzene ring substituents is 1. The molecule has 4 rings (SSSR count). The van der Waals surface area contributed by atoms with Crippen LogP contribution in [0.2, 0.25) is 0 Å². The van der Waals surface area contributed by atoms with E-state index < -0.39 is 39.4 Å². The summed E-state index contributed by atoms with van der Waals surface area (Å²) in [4.78, 5) is 50.1. The number of Topliss-reactive ketones (excluding diaryl/α,β-unsaturated/α-hetero) is 2. The van der Waals surface area contributed by atoms with Gasteiger partial charge in [-0.1, -0.05) is 52.0 Å². The molecule has 2 unspecified atom stereocenters. The van der Waals surface area contributed by atoms with Crippen molar-refractivity contribution in [3.63, 3.8) is 0 Å². The van der Waals surface area contributed by atoms with Gasteiger partial charge in [0.05, 0.1) is 4.92 Å². The highest BCUT2D eigenvalue weighted by Crippen LogP contribution is 2.59. The Bertz CT molecular complexity index is 1220. The molecule has 2 aromatic rings. The number of nitro groups is 1. The third-order valence-electron chi connectivity index (χ3n) is 6.16. The predicted molar refractivity (Wildman–Crippen MR) is 117 cm³/mol. The zero-order valence-corrected chi connectivity index (χ0v) is 18.7. The number of ether oxygens (including phenoxy) is 1. The molecule has 0 aromatic heterocycles. The molecular weight excluding hydrogens is 428 g/mol. The van der Waals surface area contributed by atoms with Crippen molar-refractivity contribution in [3.05, 3.63) is 68.8 Å². The van der Waals surface area contributed by atoms with Gasteiger partial charge in [0.25, 0.3) is 17.4 Å². The van der Waals surface area contributed by atoms with Crippen molar-refractivity contribution in [2.24, 2.45) is 5.92 Å². The van der Waals surface area contributed by atoms with Gasteiger partial charge in [-0.05, 0) is 23.5 Å². The van der Waals surface area contributed by atoms with Crippen LogP contribution in [0.15, 0.2) is 36.4 Å². The summed E-state index contributed by atoms with van der Waals surface area (Å²) in [5.41, 5.74) is -2.26. The number of ketones is 2. The number of nitrogens with zero attached hydrogens (tertiary/aromatic N) is 1. The molecule has 172 valence electrons. The fraction of sp³-hybridized carbons (Fsp3) is 0.375. The minimum absolute atomic E-state index is 0.0678. The molecular formula is C24H24N2O7. The molecule has 0 spiro atoms. The van der Waals surface area contributed by atoms with Crippen LogP contribution in [0.1, 0.15) is 67.1 Å². The summed E-state index contributed by atoms with van der Waals surface area (Å²) in [6.45, 7) is 7.44. The number of carbonyl (C=O) groups is 3. The fourth-order valence-electron chi connectivity index (χ4n) is 4.56. The molecule has 1 aliphatic carbocycles. The number of aliphatic hydroxyl groups is 1. The van der Waals surface area contributed by atoms with Gasteiger partial charge in [0.1, 0.15) is 11.3 Å². The Morgan fingerprint density at radius 2 is 1.85 bits per heavy atom. The number of rotatable bonds is 6. The quantitative estimate of drug-likeness (QED) is 0.390. The van der Waals surface area contributed by atoms with Crippen molar-refractivity contribution in [1.29, 1.82) is 0 Å². The SMILES string of the molecule is CC(C)CC(=O)C(=O)NC12C(=O)c3c([N+](=O)[O-])cccc3C1(O)Oc1cc(C(C)C)ccc12. The third kappa shape index (κ3) is 3.06. The summed E-state index contributed by atoms with van der Waals surface area (Å²) in [6, 6.07) is 8.75. The molecule has 1 amide bonds. The monoisotopic (exact) mass is 452 g/mol. The highest BCUT2D eigenvalue weighted by atomic mass is 16.6. The first-order chi connectivity index (χ1) is 15.4. The average molecular weight is 452 g/mol. The topological polar surface area (TPSA) is 136 Å². The average Bonchev–Trinajstić information content (AvgIpc) is 3.10. The van der Waals surface area contributed by atoms with Crippen LogP contribution in [-0.4, -0.2) is 27.5 Å². The summed E-state index contributed by atoms with van der Waals surface area (Å²) in [5, 5.41) is 25.9. The van der Waals surface area contributed by atoms with Crippen LogP contribution in [0.3, 0.4) is 0 Å². The molecule has 0 saturated carbocycles. The van der Waals surface area contributed by atoms with Gasteiger partial charge in [-0.25, -0.2) is 0 Å². The molecule has 9 heteroatoms. The van der Waals surface area contributed by atoms with E-state index in [1.54, 1.807) is 32.0 Å². The second-order valence-corrected chi connectivity index (χ2v) is 9.17. The smallest absolute Gasteiger partial charge is 0.288 e. The maximum Gasteiger partial charge on any atom is 0.288 e. The Labute approximate surface area is 189 Å². The number of nitrogens with one attached hydrogen (secondary N) is 1. The number of fused-ring (bicyclic) bond motifs is 5. The van der Waals surface area contributed by atoms with Gasteiger partial charge in [0, 0.05) is 23.6 Å². The van der Waals surface area contributed by atoms with Crippen molar-refractivity contribution in [1.82, 2.24) is 5.32 Å². The van der Waals surface area contributed by atoms with Crippen molar-refractivity contribution in [2.45, 2.75) is 51.4 Å². The zero-order chi connectivity index (χ0) is 24.3. The first kappa shape index (κ1) is 22.6. The van der Waals surface area contributed by atoms with Crippen LogP contribution in [0.4, 0.5) is 5.69 Å². The van der Waals surface area contributed by atoms with E-state index >= 15 is 0 Å². The summed E-state index contributed by atoms with van der Waals surface area (Å²) in [7, 11) is 0. The Hall–Kier alpha value is -3.59. The van der Waals surface area contributed by atoms with Crippen LogP contribution in [0.25, 0.3) is 0 Å². The molecule has 2 N–H and O–H groups in total. The Balaban J connectivity index is 1.95. The maximum atomic E-state index is 13.8. The normalized spacial score (nSPS) is 22.6. The lowest BCUT2D eigenvalue weighted by Crippen LogP contribution is -2.61. The summed E-state index contributed by atoms with van der Waals surface area (Å²) in [5.74, 6) is -5.06. The highest BCUT2D eigenvalue weighted by molar-refractivity contribution is 6.37. The first-order valence-corrected chi connectivity index (χ1v) is 10.7. The van der Waals surface area contributed by atoms with Gasteiger partial charge in [0.15, 0.2) is 0 Å².